The molecular formula is C17H20N2OS. The van der Waals surface area contributed by atoms with Crippen molar-refractivity contribution >= 4 is 11.8 Å². The van der Waals surface area contributed by atoms with Gasteiger partial charge in [0.05, 0.1) is 11.4 Å². The summed E-state index contributed by atoms with van der Waals surface area (Å²) in [5.74, 6) is 1.52. The van der Waals surface area contributed by atoms with Crippen LogP contribution >= 0.6 is 11.8 Å². The van der Waals surface area contributed by atoms with Crippen molar-refractivity contribution in [2.45, 2.75) is 49.7 Å². The van der Waals surface area contributed by atoms with Gasteiger partial charge < -0.3 is 4.98 Å². The lowest BCUT2D eigenvalue weighted by atomic mass is 10.1. The number of hydrogen-bond acceptors (Lipinski definition) is 3. The van der Waals surface area contributed by atoms with Crippen LogP contribution in [0.15, 0.2) is 34.0 Å². The topological polar surface area (TPSA) is 45.8 Å². The number of nitrogens with one attached hydrogen (secondary N) is 1. The van der Waals surface area contributed by atoms with Gasteiger partial charge in [-0.2, -0.15) is 0 Å². The van der Waals surface area contributed by atoms with E-state index in [9.17, 15) is 4.79 Å². The lowest BCUT2D eigenvalue weighted by molar-refractivity contribution is 0.708. The number of rotatable bonds is 3. The zero-order valence-electron chi connectivity index (χ0n) is 12.3. The molecule has 0 saturated heterocycles. The van der Waals surface area contributed by atoms with E-state index < -0.39 is 0 Å². The minimum absolute atomic E-state index is 0.0716. The van der Waals surface area contributed by atoms with Crippen molar-refractivity contribution in [3.8, 4) is 0 Å². The smallest absolute Gasteiger partial charge is 0.254 e. The van der Waals surface area contributed by atoms with Gasteiger partial charge in [0.25, 0.3) is 5.56 Å². The molecule has 0 fully saturated rings. The Labute approximate surface area is 129 Å². The Bertz CT molecular complexity index is 693. The van der Waals surface area contributed by atoms with Gasteiger partial charge in [-0.15, -0.1) is 11.8 Å². The monoisotopic (exact) mass is 300 g/mol. The maximum atomic E-state index is 12.2. The van der Waals surface area contributed by atoms with Gasteiger partial charge >= 0.3 is 0 Å². The molecule has 0 unspecified atom stereocenters. The number of hydrogen-bond donors (Lipinski definition) is 1. The van der Waals surface area contributed by atoms with Crippen molar-refractivity contribution < 1.29 is 0 Å². The lowest BCUT2D eigenvalue weighted by Crippen LogP contribution is -2.19. The molecule has 3 nitrogen and oxygen atoms in total. The number of nitrogens with zero attached hydrogens (tertiary/aromatic N) is 1. The highest BCUT2D eigenvalue weighted by Crippen LogP contribution is 2.25. The highest BCUT2D eigenvalue weighted by Gasteiger charge is 2.14. The summed E-state index contributed by atoms with van der Waals surface area (Å²) in [4.78, 5) is 21.1. The fourth-order valence-electron chi connectivity index (χ4n) is 2.76. The number of aromatic nitrogens is 2. The first kappa shape index (κ1) is 14.4. The van der Waals surface area contributed by atoms with Gasteiger partial charge in [0.1, 0.15) is 5.82 Å². The van der Waals surface area contributed by atoms with E-state index in [1.165, 1.54) is 16.9 Å². The Morgan fingerprint density at radius 1 is 1.19 bits per heavy atom. The maximum absolute atomic E-state index is 12.2. The molecule has 4 heteroatoms. The summed E-state index contributed by atoms with van der Waals surface area (Å²) < 4.78 is 0. The van der Waals surface area contributed by atoms with Crippen LogP contribution in [0.3, 0.4) is 0 Å². The summed E-state index contributed by atoms with van der Waals surface area (Å²) in [6, 6.07) is 8.31. The molecule has 1 aromatic heterocycles. The van der Waals surface area contributed by atoms with Gasteiger partial charge in [0, 0.05) is 10.5 Å². The molecule has 1 heterocycles. The fourth-order valence-corrected chi connectivity index (χ4v) is 3.66. The number of aromatic amines is 1. The molecule has 2 aromatic rings. The molecule has 0 spiro atoms. The first-order valence-corrected chi connectivity index (χ1v) is 8.52. The first-order chi connectivity index (χ1) is 10.2. The zero-order chi connectivity index (χ0) is 14.7. The maximum Gasteiger partial charge on any atom is 0.254 e. The summed E-state index contributed by atoms with van der Waals surface area (Å²) in [7, 11) is 0. The fraction of sp³-hybridized carbons (Fsp3) is 0.412. The zero-order valence-corrected chi connectivity index (χ0v) is 13.1. The molecule has 0 aliphatic heterocycles. The average Bonchev–Trinajstić information content (AvgIpc) is 2.72. The third kappa shape index (κ3) is 3.38. The third-order valence-electron chi connectivity index (χ3n) is 3.95. The Morgan fingerprint density at radius 3 is 2.86 bits per heavy atom. The van der Waals surface area contributed by atoms with Gasteiger partial charge in [-0.3, -0.25) is 4.79 Å². The van der Waals surface area contributed by atoms with E-state index in [0.29, 0.717) is 5.75 Å². The van der Waals surface area contributed by atoms with Gasteiger partial charge in [-0.05, 0) is 44.2 Å². The summed E-state index contributed by atoms with van der Waals surface area (Å²) in [6.45, 7) is 2.11. The minimum Gasteiger partial charge on any atom is -0.310 e. The second-order valence-corrected chi connectivity index (χ2v) is 6.57. The van der Waals surface area contributed by atoms with Crippen molar-refractivity contribution in [1.82, 2.24) is 9.97 Å². The van der Waals surface area contributed by atoms with Crippen molar-refractivity contribution in [3.63, 3.8) is 0 Å². The van der Waals surface area contributed by atoms with Crippen molar-refractivity contribution in [1.29, 1.82) is 0 Å². The SMILES string of the molecule is Cc1ccccc1SCc1nc2c(c(=O)[nH]1)CCCCC2. The number of fused-ring (bicyclic) bond motifs is 1. The van der Waals surface area contributed by atoms with Crippen LogP contribution in [0.25, 0.3) is 0 Å². The van der Waals surface area contributed by atoms with E-state index in [2.05, 4.69) is 24.0 Å². The molecule has 21 heavy (non-hydrogen) atoms. The molecule has 1 N–H and O–H groups in total. The Balaban J connectivity index is 1.80. The second kappa shape index (κ2) is 6.48. The largest absolute Gasteiger partial charge is 0.310 e. The number of aryl methyl sites for hydroxylation is 2. The van der Waals surface area contributed by atoms with Crippen LogP contribution in [0.2, 0.25) is 0 Å². The van der Waals surface area contributed by atoms with E-state index in [0.717, 1.165) is 42.8 Å². The van der Waals surface area contributed by atoms with Crippen LogP contribution in [0.5, 0.6) is 0 Å². The molecule has 1 aliphatic carbocycles. The Morgan fingerprint density at radius 2 is 2.00 bits per heavy atom. The Kier molecular flexibility index (Phi) is 4.44. The second-order valence-electron chi connectivity index (χ2n) is 5.55. The third-order valence-corrected chi connectivity index (χ3v) is 5.14. The highest BCUT2D eigenvalue weighted by atomic mass is 32.2. The van der Waals surface area contributed by atoms with E-state index in [4.69, 9.17) is 4.98 Å². The Hall–Kier alpha value is -1.55. The standard InChI is InChI=1S/C17H20N2OS/c1-12-7-5-6-10-15(12)21-11-16-18-14-9-4-2-3-8-13(14)17(20)19-16/h5-7,10H,2-4,8-9,11H2,1H3,(H,18,19,20). The van der Waals surface area contributed by atoms with Crippen LogP contribution in [0.1, 0.15) is 41.9 Å². The van der Waals surface area contributed by atoms with E-state index in [1.54, 1.807) is 11.8 Å². The van der Waals surface area contributed by atoms with Gasteiger partial charge in [-0.1, -0.05) is 24.6 Å². The predicted molar refractivity (Wildman–Crippen MR) is 86.9 cm³/mol. The number of H-pyrrole nitrogens is 1. The molecule has 0 amide bonds. The van der Waals surface area contributed by atoms with Crippen molar-refractivity contribution in [2.24, 2.45) is 0 Å². The van der Waals surface area contributed by atoms with E-state index >= 15 is 0 Å². The van der Waals surface area contributed by atoms with Gasteiger partial charge in [-0.25, -0.2) is 4.98 Å². The number of benzene rings is 1. The van der Waals surface area contributed by atoms with Gasteiger partial charge in [0.2, 0.25) is 0 Å². The van der Waals surface area contributed by atoms with E-state index in [1.807, 2.05) is 12.1 Å². The molecule has 0 saturated carbocycles. The van der Waals surface area contributed by atoms with Crippen LogP contribution in [0.4, 0.5) is 0 Å². The molecule has 0 bridgehead atoms. The average molecular weight is 300 g/mol. The summed E-state index contributed by atoms with van der Waals surface area (Å²) >= 11 is 1.73. The molecular weight excluding hydrogens is 280 g/mol. The van der Waals surface area contributed by atoms with Crippen LogP contribution in [-0.4, -0.2) is 9.97 Å². The quantitative estimate of drug-likeness (QED) is 0.695. The number of thioether (sulfide) groups is 1. The molecule has 0 radical (unpaired) electrons. The molecule has 110 valence electrons. The van der Waals surface area contributed by atoms with Crippen LogP contribution in [0, 0.1) is 6.92 Å². The van der Waals surface area contributed by atoms with E-state index in [-0.39, 0.29) is 5.56 Å². The van der Waals surface area contributed by atoms with Crippen LogP contribution < -0.4 is 5.56 Å². The summed E-state index contributed by atoms with van der Waals surface area (Å²) in [5, 5.41) is 0. The first-order valence-electron chi connectivity index (χ1n) is 7.53. The van der Waals surface area contributed by atoms with Crippen LogP contribution in [-0.2, 0) is 18.6 Å². The van der Waals surface area contributed by atoms with Crippen molar-refractivity contribution in [3.05, 3.63) is 57.3 Å². The molecule has 0 atom stereocenters. The minimum atomic E-state index is 0.0716. The molecule has 1 aliphatic rings. The predicted octanol–water partition coefficient (Wildman–Crippen LogP) is 3.64. The molecule has 3 rings (SSSR count). The normalized spacial score (nSPS) is 14.5. The van der Waals surface area contributed by atoms with Gasteiger partial charge in [0.15, 0.2) is 0 Å². The summed E-state index contributed by atoms with van der Waals surface area (Å²) in [5.41, 5.74) is 3.27. The van der Waals surface area contributed by atoms with Crippen molar-refractivity contribution in [2.75, 3.05) is 0 Å². The highest BCUT2D eigenvalue weighted by molar-refractivity contribution is 7.98. The molecule has 1 aromatic carbocycles. The lowest BCUT2D eigenvalue weighted by Gasteiger charge is -2.08. The summed E-state index contributed by atoms with van der Waals surface area (Å²) in [6.07, 6.45) is 5.27.